The van der Waals surface area contributed by atoms with Crippen LogP contribution in [0.1, 0.15) is 25.8 Å². The lowest BCUT2D eigenvalue weighted by molar-refractivity contribution is -0.126. The molecule has 2 atom stereocenters. The van der Waals surface area contributed by atoms with Crippen LogP contribution in [0.2, 0.25) is 0 Å². The van der Waals surface area contributed by atoms with Gasteiger partial charge in [-0.2, -0.15) is 0 Å². The molecule has 3 heteroatoms. The molecule has 1 aliphatic rings. The number of para-hydroxylation sites is 1. The van der Waals surface area contributed by atoms with Crippen molar-refractivity contribution in [1.82, 2.24) is 5.32 Å². The number of fused-ring (bicyclic) bond motifs is 1. The maximum absolute atomic E-state index is 11.9. The van der Waals surface area contributed by atoms with Crippen molar-refractivity contribution < 1.29 is 9.53 Å². The molecule has 98 valence electrons. The predicted molar refractivity (Wildman–Crippen MR) is 71.6 cm³/mol. The molecule has 0 aliphatic carbocycles. The van der Waals surface area contributed by atoms with Crippen molar-refractivity contribution in [1.29, 1.82) is 0 Å². The lowest BCUT2D eigenvalue weighted by Gasteiger charge is -2.29. The van der Waals surface area contributed by atoms with Crippen molar-refractivity contribution in [2.45, 2.75) is 26.7 Å². The zero-order chi connectivity index (χ0) is 13.0. The fourth-order valence-electron chi connectivity index (χ4n) is 2.30. The Hall–Kier alpha value is -1.51. The predicted octanol–water partition coefficient (Wildman–Crippen LogP) is 2.40. The minimum absolute atomic E-state index is 0.00454. The molecule has 2 unspecified atom stereocenters. The average Bonchev–Trinajstić information content (AvgIpc) is 2.43. The summed E-state index contributed by atoms with van der Waals surface area (Å²) in [7, 11) is 0. The smallest absolute Gasteiger partial charge is 0.223 e. The van der Waals surface area contributed by atoms with Crippen LogP contribution >= 0.6 is 0 Å². The molecule has 0 saturated carbocycles. The molecule has 0 fully saturated rings. The number of hydrogen-bond donors (Lipinski definition) is 1. The second-order valence-electron chi connectivity index (χ2n) is 4.96. The minimum Gasteiger partial charge on any atom is -0.493 e. The van der Waals surface area contributed by atoms with E-state index in [9.17, 15) is 4.79 Å². The van der Waals surface area contributed by atoms with E-state index in [-0.39, 0.29) is 17.7 Å². The van der Waals surface area contributed by atoms with Gasteiger partial charge in [0.15, 0.2) is 0 Å². The molecule has 1 aliphatic heterocycles. The first-order chi connectivity index (χ1) is 8.72. The highest BCUT2D eigenvalue weighted by molar-refractivity contribution is 5.78. The number of hydrogen-bond acceptors (Lipinski definition) is 2. The Morgan fingerprint density at radius 2 is 2.28 bits per heavy atom. The fraction of sp³-hybridized carbons (Fsp3) is 0.533. The molecule has 1 N–H and O–H groups in total. The molecule has 1 amide bonds. The summed E-state index contributed by atoms with van der Waals surface area (Å²) in [5, 5.41) is 2.96. The first-order valence-corrected chi connectivity index (χ1v) is 6.70. The highest BCUT2D eigenvalue weighted by Crippen LogP contribution is 2.30. The Kier molecular flexibility index (Phi) is 4.24. The summed E-state index contributed by atoms with van der Waals surface area (Å²) in [4.78, 5) is 11.9. The molecule has 0 saturated heterocycles. The number of carbonyl (C=O) groups excluding carboxylic acids is 1. The van der Waals surface area contributed by atoms with Gasteiger partial charge >= 0.3 is 0 Å². The number of amides is 1. The minimum atomic E-state index is 0.00454. The Labute approximate surface area is 109 Å². The van der Waals surface area contributed by atoms with Gasteiger partial charge in [0.25, 0.3) is 0 Å². The molecule has 1 aromatic rings. The summed E-state index contributed by atoms with van der Waals surface area (Å²) in [5.41, 5.74) is 1.21. The number of carbonyl (C=O) groups is 1. The van der Waals surface area contributed by atoms with Crippen molar-refractivity contribution >= 4 is 5.91 Å². The van der Waals surface area contributed by atoms with E-state index in [0.29, 0.717) is 6.61 Å². The number of ether oxygens (including phenoxy) is 1. The van der Waals surface area contributed by atoms with Crippen LogP contribution in [0.15, 0.2) is 24.3 Å². The fourth-order valence-corrected chi connectivity index (χ4v) is 2.30. The Bertz CT molecular complexity index is 417. The quantitative estimate of drug-likeness (QED) is 0.887. The molecule has 0 spiro atoms. The highest BCUT2D eigenvalue weighted by Gasteiger charge is 2.28. The van der Waals surface area contributed by atoms with Gasteiger partial charge in [-0.3, -0.25) is 4.79 Å². The van der Waals surface area contributed by atoms with Gasteiger partial charge in [-0.05, 0) is 24.5 Å². The Balaban J connectivity index is 1.98. The van der Waals surface area contributed by atoms with Crippen LogP contribution in [0.25, 0.3) is 0 Å². The third kappa shape index (κ3) is 2.84. The summed E-state index contributed by atoms with van der Waals surface area (Å²) < 4.78 is 5.73. The maximum atomic E-state index is 11.9. The van der Waals surface area contributed by atoms with Crippen LogP contribution in [0, 0.1) is 11.8 Å². The zero-order valence-electron chi connectivity index (χ0n) is 11.1. The summed E-state index contributed by atoms with van der Waals surface area (Å²) in [6.07, 6.45) is 1.90. The standard InChI is InChI=1S/C15H21NO2/c1-3-8-16-15(17)11(2)13-9-12-6-4-5-7-14(12)18-10-13/h4-7,11,13H,3,8-10H2,1-2H3,(H,16,17). The second kappa shape index (κ2) is 5.89. The largest absolute Gasteiger partial charge is 0.493 e. The molecule has 1 heterocycles. The summed E-state index contributed by atoms with van der Waals surface area (Å²) in [6, 6.07) is 8.08. The first kappa shape index (κ1) is 12.9. The number of rotatable bonds is 4. The van der Waals surface area contributed by atoms with E-state index in [1.807, 2.05) is 25.1 Å². The third-order valence-electron chi connectivity index (χ3n) is 3.58. The lowest BCUT2D eigenvalue weighted by atomic mass is 9.86. The van der Waals surface area contributed by atoms with Crippen molar-refractivity contribution in [3.8, 4) is 5.75 Å². The summed E-state index contributed by atoms with van der Waals surface area (Å²) >= 11 is 0. The lowest BCUT2D eigenvalue weighted by Crippen LogP contribution is -2.38. The molecule has 3 nitrogen and oxygen atoms in total. The molecule has 18 heavy (non-hydrogen) atoms. The van der Waals surface area contributed by atoms with Crippen molar-refractivity contribution in [2.24, 2.45) is 11.8 Å². The van der Waals surface area contributed by atoms with Gasteiger partial charge in [0.2, 0.25) is 5.91 Å². The number of benzene rings is 1. The monoisotopic (exact) mass is 247 g/mol. The van der Waals surface area contributed by atoms with E-state index in [1.165, 1.54) is 5.56 Å². The molecule has 0 radical (unpaired) electrons. The zero-order valence-corrected chi connectivity index (χ0v) is 11.1. The topological polar surface area (TPSA) is 38.3 Å². The van der Waals surface area contributed by atoms with Crippen LogP contribution in [-0.2, 0) is 11.2 Å². The van der Waals surface area contributed by atoms with Gasteiger partial charge in [-0.25, -0.2) is 0 Å². The third-order valence-corrected chi connectivity index (χ3v) is 3.58. The average molecular weight is 247 g/mol. The van der Waals surface area contributed by atoms with Crippen LogP contribution in [-0.4, -0.2) is 19.1 Å². The van der Waals surface area contributed by atoms with Gasteiger partial charge in [0, 0.05) is 18.4 Å². The number of nitrogens with one attached hydrogen (secondary N) is 1. The van der Waals surface area contributed by atoms with E-state index in [0.717, 1.165) is 25.1 Å². The van der Waals surface area contributed by atoms with Gasteiger partial charge in [-0.15, -0.1) is 0 Å². The first-order valence-electron chi connectivity index (χ1n) is 6.70. The van der Waals surface area contributed by atoms with E-state index in [2.05, 4.69) is 18.3 Å². The molecule has 1 aromatic carbocycles. The van der Waals surface area contributed by atoms with Crippen LogP contribution in [0.4, 0.5) is 0 Å². The van der Waals surface area contributed by atoms with E-state index < -0.39 is 0 Å². The molecular weight excluding hydrogens is 226 g/mol. The van der Waals surface area contributed by atoms with Crippen molar-refractivity contribution in [3.63, 3.8) is 0 Å². The van der Waals surface area contributed by atoms with Crippen LogP contribution in [0.5, 0.6) is 5.75 Å². The molecule has 2 rings (SSSR count). The van der Waals surface area contributed by atoms with Gasteiger partial charge < -0.3 is 10.1 Å². The summed E-state index contributed by atoms with van der Waals surface area (Å²) in [5.74, 6) is 1.39. The van der Waals surface area contributed by atoms with Crippen LogP contribution in [0.3, 0.4) is 0 Å². The maximum Gasteiger partial charge on any atom is 0.223 e. The van der Waals surface area contributed by atoms with E-state index in [4.69, 9.17) is 4.74 Å². The van der Waals surface area contributed by atoms with E-state index in [1.54, 1.807) is 0 Å². The van der Waals surface area contributed by atoms with Gasteiger partial charge in [0.05, 0.1) is 6.61 Å². The Morgan fingerprint density at radius 1 is 1.50 bits per heavy atom. The highest BCUT2D eigenvalue weighted by atomic mass is 16.5. The molecular formula is C15H21NO2. The Morgan fingerprint density at radius 3 is 3.06 bits per heavy atom. The molecule has 0 bridgehead atoms. The van der Waals surface area contributed by atoms with Crippen molar-refractivity contribution in [2.75, 3.05) is 13.2 Å². The van der Waals surface area contributed by atoms with E-state index >= 15 is 0 Å². The summed E-state index contributed by atoms with van der Waals surface area (Å²) in [6.45, 7) is 5.45. The van der Waals surface area contributed by atoms with Crippen LogP contribution < -0.4 is 10.1 Å². The van der Waals surface area contributed by atoms with Gasteiger partial charge in [0.1, 0.15) is 5.75 Å². The van der Waals surface area contributed by atoms with Gasteiger partial charge in [-0.1, -0.05) is 32.0 Å². The normalized spacial score (nSPS) is 19.6. The SMILES string of the molecule is CCCNC(=O)C(C)C1COc2ccccc2C1. The molecule has 0 aromatic heterocycles. The second-order valence-corrected chi connectivity index (χ2v) is 4.96. The van der Waals surface area contributed by atoms with Crippen molar-refractivity contribution in [3.05, 3.63) is 29.8 Å².